The molecule has 30 heavy (non-hydrogen) atoms. The van der Waals surface area contributed by atoms with Crippen molar-refractivity contribution in [1.82, 2.24) is 0 Å². The maximum absolute atomic E-state index is 13.1. The van der Waals surface area contributed by atoms with E-state index < -0.39 is 17.6 Å². The van der Waals surface area contributed by atoms with Gasteiger partial charge in [-0.15, -0.1) is 0 Å². The Hall–Kier alpha value is -3.16. The predicted octanol–water partition coefficient (Wildman–Crippen LogP) is 4.64. The van der Waals surface area contributed by atoms with Crippen LogP contribution in [0.2, 0.25) is 0 Å². The third-order valence-corrected chi connectivity index (χ3v) is 5.71. The lowest BCUT2D eigenvalue weighted by molar-refractivity contribution is -0.137. The number of imide groups is 1. The summed E-state index contributed by atoms with van der Waals surface area (Å²) in [5, 5.41) is 2.27. The van der Waals surface area contributed by atoms with Gasteiger partial charge < -0.3 is 5.32 Å². The number of anilines is 2. The average Bonchev–Trinajstić information content (AvgIpc) is 2.98. The van der Waals surface area contributed by atoms with Crippen LogP contribution in [0.25, 0.3) is 0 Å². The number of alkyl halides is 3. The highest BCUT2D eigenvalue weighted by Gasteiger charge is 2.48. The quantitative estimate of drug-likeness (QED) is 0.742. The SMILES string of the molecule is O=C(Nc1ccccc1C(F)(F)F)c1ccc(N2C(=O)[C@@H]3CCCC[C@H]3C2=O)cc1. The lowest BCUT2D eigenvalue weighted by Gasteiger charge is -2.19. The van der Waals surface area contributed by atoms with E-state index in [9.17, 15) is 27.6 Å². The van der Waals surface area contributed by atoms with Crippen LogP contribution in [0.5, 0.6) is 0 Å². The molecule has 1 aliphatic carbocycles. The molecule has 2 aromatic rings. The molecule has 1 saturated heterocycles. The molecule has 2 fully saturated rings. The average molecular weight is 416 g/mol. The highest BCUT2D eigenvalue weighted by Crippen LogP contribution is 2.40. The van der Waals surface area contributed by atoms with E-state index in [1.165, 1.54) is 47.4 Å². The van der Waals surface area contributed by atoms with Crippen molar-refractivity contribution in [2.45, 2.75) is 31.9 Å². The number of hydrogen-bond acceptors (Lipinski definition) is 3. The van der Waals surface area contributed by atoms with Gasteiger partial charge in [0.15, 0.2) is 0 Å². The smallest absolute Gasteiger partial charge is 0.321 e. The Kier molecular flexibility index (Phi) is 5.09. The molecular weight excluding hydrogens is 397 g/mol. The number of rotatable bonds is 3. The molecule has 0 spiro atoms. The Morgan fingerprint density at radius 1 is 0.900 bits per heavy atom. The van der Waals surface area contributed by atoms with Gasteiger partial charge in [0.1, 0.15) is 0 Å². The third kappa shape index (κ3) is 3.58. The topological polar surface area (TPSA) is 66.5 Å². The van der Waals surface area contributed by atoms with Gasteiger partial charge in [-0.2, -0.15) is 13.2 Å². The molecule has 2 atom stereocenters. The number of benzene rings is 2. The fourth-order valence-corrected chi connectivity index (χ4v) is 4.21. The van der Waals surface area contributed by atoms with E-state index in [0.29, 0.717) is 18.5 Å². The van der Waals surface area contributed by atoms with E-state index in [0.717, 1.165) is 18.9 Å². The molecule has 0 aromatic heterocycles. The number of amides is 3. The van der Waals surface area contributed by atoms with Crippen molar-refractivity contribution < 1.29 is 27.6 Å². The minimum absolute atomic E-state index is 0.118. The maximum Gasteiger partial charge on any atom is 0.418 e. The summed E-state index contributed by atoms with van der Waals surface area (Å²) in [6.45, 7) is 0. The number of hydrogen-bond donors (Lipinski definition) is 1. The summed E-state index contributed by atoms with van der Waals surface area (Å²) in [6, 6.07) is 10.4. The molecular formula is C22H19F3N2O3. The van der Waals surface area contributed by atoms with Crippen molar-refractivity contribution in [2.24, 2.45) is 11.8 Å². The van der Waals surface area contributed by atoms with Crippen LogP contribution >= 0.6 is 0 Å². The fourth-order valence-electron chi connectivity index (χ4n) is 4.21. The van der Waals surface area contributed by atoms with Crippen molar-refractivity contribution in [3.8, 4) is 0 Å². The minimum atomic E-state index is -4.60. The van der Waals surface area contributed by atoms with E-state index in [-0.39, 0.29) is 34.9 Å². The van der Waals surface area contributed by atoms with E-state index in [1.807, 2.05) is 0 Å². The molecule has 1 N–H and O–H groups in total. The molecule has 2 aliphatic rings. The van der Waals surface area contributed by atoms with Crippen molar-refractivity contribution >= 4 is 29.1 Å². The Balaban J connectivity index is 1.53. The van der Waals surface area contributed by atoms with Gasteiger partial charge in [-0.1, -0.05) is 25.0 Å². The van der Waals surface area contributed by atoms with Crippen LogP contribution < -0.4 is 10.2 Å². The zero-order valence-corrected chi connectivity index (χ0v) is 15.9. The Bertz CT molecular complexity index is 977. The third-order valence-electron chi connectivity index (χ3n) is 5.71. The van der Waals surface area contributed by atoms with Crippen molar-refractivity contribution in [1.29, 1.82) is 0 Å². The second kappa shape index (κ2) is 7.59. The number of para-hydroxylation sites is 1. The van der Waals surface area contributed by atoms with Crippen molar-refractivity contribution in [3.63, 3.8) is 0 Å². The highest BCUT2D eigenvalue weighted by molar-refractivity contribution is 6.22. The summed E-state index contributed by atoms with van der Waals surface area (Å²) in [6.07, 6.45) is -1.35. The Morgan fingerprint density at radius 3 is 2.03 bits per heavy atom. The first-order valence-corrected chi connectivity index (χ1v) is 9.73. The maximum atomic E-state index is 13.1. The molecule has 3 amide bonds. The minimum Gasteiger partial charge on any atom is -0.321 e. The summed E-state index contributed by atoms with van der Waals surface area (Å²) in [7, 11) is 0. The van der Waals surface area contributed by atoms with Crippen molar-refractivity contribution in [3.05, 3.63) is 59.7 Å². The molecule has 156 valence electrons. The summed E-state index contributed by atoms with van der Waals surface area (Å²) in [4.78, 5) is 38.9. The zero-order valence-electron chi connectivity index (χ0n) is 15.9. The summed E-state index contributed by atoms with van der Waals surface area (Å²) < 4.78 is 39.3. The van der Waals surface area contributed by atoms with Crippen LogP contribution in [0.15, 0.2) is 48.5 Å². The summed E-state index contributed by atoms with van der Waals surface area (Å²) in [5.74, 6) is -1.73. The second-order valence-electron chi connectivity index (χ2n) is 7.55. The number of nitrogens with zero attached hydrogens (tertiary/aromatic N) is 1. The molecule has 1 aliphatic heterocycles. The van der Waals surface area contributed by atoms with E-state index in [1.54, 1.807) is 0 Å². The number of carbonyl (C=O) groups is 3. The molecule has 1 heterocycles. The lowest BCUT2D eigenvalue weighted by atomic mass is 9.81. The van der Waals surface area contributed by atoms with Crippen LogP contribution in [0.4, 0.5) is 24.5 Å². The molecule has 8 heteroatoms. The van der Waals surface area contributed by atoms with Gasteiger partial charge in [-0.25, -0.2) is 0 Å². The van der Waals surface area contributed by atoms with Gasteiger partial charge >= 0.3 is 6.18 Å². The first-order chi connectivity index (χ1) is 14.3. The molecule has 0 bridgehead atoms. The zero-order chi connectivity index (χ0) is 21.5. The largest absolute Gasteiger partial charge is 0.418 e. The number of fused-ring (bicyclic) bond motifs is 1. The van der Waals surface area contributed by atoms with Crippen LogP contribution in [-0.4, -0.2) is 17.7 Å². The van der Waals surface area contributed by atoms with Gasteiger partial charge in [0.05, 0.1) is 28.8 Å². The summed E-state index contributed by atoms with van der Waals surface area (Å²) >= 11 is 0. The molecule has 0 radical (unpaired) electrons. The predicted molar refractivity (Wildman–Crippen MR) is 104 cm³/mol. The van der Waals surface area contributed by atoms with Crippen LogP contribution in [0, 0.1) is 11.8 Å². The second-order valence-corrected chi connectivity index (χ2v) is 7.55. The number of carbonyl (C=O) groups excluding carboxylic acids is 3. The highest BCUT2D eigenvalue weighted by atomic mass is 19.4. The lowest BCUT2D eigenvalue weighted by Crippen LogP contribution is -2.30. The van der Waals surface area contributed by atoms with Gasteiger partial charge in [0.2, 0.25) is 11.8 Å². The van der Waals surface area contributed by atoms with Crippen LogP contribution in [0.3, 0.4) is 0 Å². The van der Waals surface area contributed by atoms with Gasteiger partial charge in [-0.3, -0.25) is 19.3 Å². The van der Waals surface area contributed by atoms with Gasteiger partial charge in [0, 0.05) is 5.56 Å². The number of nitrogens with one attached hydrogen (secondary N) is 1. The monoisotopic (exact) mass is 416 g/mol. The molecule has 1 saturated carbocycles. The van der Waals surface area contributed by atoms with Gasteiger partial charge in [0.25, 0.3) is 5.91 Å². The standard InChI is InChI=1S/C22H19F3N2O3/c23-22(24,25)17-7-3-4-8-18(17)26-19(28)13-9-11-14(12-10-13)27-20(29)15-5-1-2-6-16(15)21(27)30/h3-4,7-12,15-16H,1-2,5-6H2,(H,26,28)/t15-,16-/m1/s1. The molecule has 5 nitrogen and oxygen atoms in total. The first-order valence-electron chi connectivity index (χ1n) is 9.73. The number of halogens is 3. The fraction of sp³-hybridized carbons (Fsp3) is 0.318. The molecule has 4 rings (SSSR count). The van der Waals surface area contributed by atoms with Crippen molar-refractivity contribution in [2.75, 3.05) is 10.2 Å². The van der Waals surface area contributed by atoms with Crippen LogP contribution in [-0.2, 0) is 15.8 Å². The first kappa shape index (κ1) is 20.1. The Morgan fingerprint density at radius 2 is 1.47 bits per heavy atom. The van der Waals surface area contributed by atoms with Crippen LogP contribution in [0.1, 0.15) is 41.6 Å². The normalized spacial score (nSPS) is 21.5. The van der Waals surface area contributed by atoms with E-state index >= 15 is 0 Å². The van der Waals surface area contributed by atoms with E-state index in [2.05, 4.69) is 5.32 Å². The summed E-state index contributed by atoms with van der Waals surface area (Å²) in [5.41, 5.74) is -0.794. The van der Waals surface area contributed by atoms with E-state index in [4.69, 9.17) is 0 Å². The van der Waals surface area contributed by atoms with Gasteiger partial charge in [-0.05, 0) is 49.2 Å². The Labute approximate surface area is 170 Å². The molecule has 0 unspecified atom stereocenters. The molecule has 2 aromatic carbocycles.